The van der Waals surface area contributed by atoms with Gasteiger partial charge in [0.2, 0.25) is 5.13 Å². The molecule has 40 heavy (non-hydrogen) atoms. The molecule has 3 aromatic rings. The van der Waals surface area contributed by atoms with Gasteiger partial charge in [0, 0.05) is 29.0 Å². The number of ether oxygens (including phenoxy) is 2. The van der Waals surface area contributed by atoms with Gasteiger partial charge >= 0.3 is 0 Å². The lowest BCUT2D eigenvalue weighted by atomic mass is 9.68. The highest BCUT2D eigenvalue weighted by molar-refractivity contribution is 8.00. The maximum absolute atomic E-state index is 13.8. The van der Waals surface area contributed by atoms with Gasteiger partial charge in [0.25, 0.3) is 0 Å². The number of aryl methyl sites for hydroxylation is 1. The summed E-state index contributed by atoms with van der Waals surface area (Å²) in [7, 11) is 3.11. The number of rotatable bonds is 7. The summed E-state index contributed by atoms with van der Waals surface area (Å²) in [6.45, 7) is 6.20. The molecule has 1 atom stereocenters. The molecule has 2 heterocycles. The van der Waals surface area contributed by atoms with Crippen molar-refractivity contribution in [2.24, 2.45) is 11.1 Å². The van der Waals surface area contributed by atoms with Crippen LogP contribution in [0, 0.1) is 23.7 Å². The van der Waals surface area contributed by atoms with Crippen molar-refractivity contribution >= 4 is 34.0 Å². The van der Waals surface area contributed by atoms with Gasteiger partial charge in [0.1, 0.15) is 5.82 Å². The Morgan fingerprint density at radius 3 is 2.58 bits per heavy atom. The van der Waals surface area contributed by atoms with Gasteiger partial charge in [-0.05, 0) is 30.4 Å². The number of carbonyl (C=O) groups excluding carboxylic acids is 1. The fraction of sp³-hybridized carbons (Fsp3) is 0.333. The molecule has 0 fully saturated rings. The molecule has 8 nitrogen and oxygen atoms in total. The van der Waals surface area contributed by atoms with E-state index in [1.165, 1.54) is 22.5 Å². The normalized spacial score (nSPS) is 18.4. The number of nitrogens with two attached hydrogens (primary N) is 1. The maximum Gasteiger partial charge on any atom is 0.219 e. The Morgan fingerprint density at radius 2 is 1.90 bits per heavy atom. The first-order valence-electron chi connectivity index (χ1n) is 12.9. The molecule has 0 spiro atoms. The fourth-order valence-electron chi connectivity index (χ4n) is 5.36. The minimum Gasteiger partial charge on any atom is -0.493 e. The summed E-state index contributed by atoms with van der Waals surface area (Å²) in [5.41, 5.74) is 11.1. The van der Waals surface area contributed by atoms with Crippen molar-refractivity contribution in [1.82, 2.24) is 10.2 Å². The van der Waals surface area contributed by atoms with Gasteiger partial charge in [-0.2, -0.15) is 5.26 Å². The highest BCUT2D eigenvalue weighted by Crippen LogP contribution is 2.53. The number of Topliss-reactive ketones (excluding diaryl/α,β-unsaturated/α-hetero) is 1. The zero-order valence-corrected chi connectivity index (χ0v) is 24.8. The Morgan fingerprint density at radius 1 is 1.15 bits per heavy atom. The maximum atomic E-state index is 13.8. The Labute approximate surface area is 242 Å². The summed E-state index contributed by atoms with van der Waals surface area (Å²) >= 11 is 2.99. The number of hydrogen-bond acceptors (Lipinski definition) is 10. The second-order valence-corrected chi connectivity index (χ2v) is 12.9. The zero-order valence-electron chi connectivity index (χ0n) is 23.1. The first-order chi connectivity index (χ1) is 19.2. The largest absolute Gasteiger partial charge is 0.493 e. The second kappa shape index (κ2) is 11.0. The number of methoxy groups -OCH3 is 2. The number of nitrogens with zero attached hydrogens (tertiary/aromatic N) is 4. The third-order valence-electron chi connectivity index (χ3n) is 7.20. The molecule has 1 aromatic heterocycles. The lowest BCUT2D eigenvalue weighted by Crippen LogP contribution is -2.42. The van der Waals surface area contributed by atoms with Crippen LogP contribution in [0.3, 0.4) is 0 Å². The van der Waals surface area contributed by atoms with Gasteiger partial charge in [-0.3, -0.25) is 9.69 Å². The Hall–Kier alpha value is -3.81. The number of para-hydroxylation sites is 1. The average molecular weight is 574 g/mol. The van der Waals surface area contributed by atoms with Crippen molar-refractivity contribution in [3.63, 3.8) is 0 Å². The van der Waals surface area contributed by atoms with Crippen LogP contribution in [0.1, 0.15) is 49.3 Å². The van der Waals surface area contributed by atoms with E-state index in [0.717, 1.165) is 15.8 Å². The first-order valence-corrected chi connectivity index (χ1v) is 14.7. The molecule has 0 saturated carbocycles. The molecule has 0 bridgehead atoms. The predicted octanol–water partition coefficient (Wildman–Crippen LogP) is 6.10. The number of carbonyl (C=O) groups is 1. The van der Waals surface area contributed by atoms with Gasteiger partial charge in [-0.25, -0.2) is 0 Å². The molecule has 2 aliphatic rings. The third kappa shape index (κ3) is 5.07. The minimum absolute atomic E-state index is 0.0233. The Balaban J connectivity index is 1.60. The van der Waals surface area contributed by atoms with Crippen LogP contribution in [0.4, 0.5) is 5.13 Å². The number of nitriles is 1. The SMILES string of the molecule is COc1cccc([C@@H]2C(C#N)=C(N)N(c3nnc(SCc4ccc(C)cc4)s3)C3=C2C(=O)CC(C)(C)C3)c1OC. The number of ketones is 1. The van der Waals surface area contributed by atoms with Crippen molar-refractivity contribution in [1.29, 1.82) is 5.26 Å². The number of anilines is 1. The van der Waals surface area contributed by atoms with E-state index in [9.17, 15) is 10.1 Å². The van der Waals surface area contributed by atoms with Gasteiger partial charge in [0.15, 0.2) is 21.6 Å². The van der Waals surface area contributed by atoms with E-state index in [2.05, 4.69) is 61.3 Å². The molecule has 0 saturated heterocycles. The Bertz CT molecular complexity index is 1570. The molecule has 1 aliphatic heterocycles. The number of benzene rings is 2. The van der Waals surface area contributed by atoms with Crippen LogP contribution in [0.2, 0.25) is 0 Å². The monoisotopic (exact) mass is 573 g/mol. The molecule has 5 rings (SSSR count). The summed E-state index contributed by atoms with van der Waals surface area (Å²) < 4.78 is 12.0. The van der Waals surface area contributed by atoms with Gasteiger partial charge in [0.05, 0.1) is 31.8 Å². The Kier molecular flexibility index (Phi) is 7.62. The van der Waals surface area contributed by atoms with E-state index in [0.29, 0.717) is 40.6 Å². The molecule has 206 valence electrons. The molecule has 0 amide bonds. The van der Waals surface area contributed by atoms with Gasteiger partial charge in [-0.1, -0.05) is 78.9 Å². The molecule has 1 aliphatic carbocycles. The molecule has 10 heteroatoms. The van der Waals surface area contributed by atoms with E-state index in [-0.39, 0.29) is 22.6 Å². The summed E-state index contributed by atoms with van der Waals surface area (Å²) in [6, 6.07) is 16.2. The molecular weight excluding hydrogens is 542 g/mol. The van der Waals surface area contributed by atoms with E-state index < -0.39 is 5.92 Å². The van der Waals surface area contributed by atoms with Crippen LogP contribution >= 0.6 is 23.1 Å². The zero-order chi connectivity index (χ0) is 28.6. The summed E-state index contributed by atoms with van der Waals surface area (Å²) in [4.78, 5) is 15.6. The summed E-state index contributed by atoms with van der Waals surface area (Å²) in [5.74, 6) is 1.27. The van der Waals surface area contributed by atoms with Crippen LogP contribution in [0.25, 0.3) is 0 Å². The number of allylic oxidation sites excluding steroid dienone is 3. The molecule has 2 N–H and O–H groups in total. The van der Waals surface area contributed by atoms with E-state index >= 15 is 0 Å². The molecule has 2 aromatic carbocycles. The minimum atomic E-state index is -0.687. The number of hydrogen-bond donors (Lipinski definition) is 1. The van der Waals surface area contributed by atoms with Crippen molar-refractivity contribution in [3.05, 3.63) is 81.8 Å². The smallest absolute Gasteiger partial charge is 0.219 e. The topological polar surface area (TPSA) is 114 Å². The summed E-state index contributed by atoms with van der Waals surface area (Å²) in [5, 5.41) is 19.8. The number of thioether (sulfide) groups is 1. The standard InChI is InChI=1S/C30H31N5O3S2/c1-17-9-11-18(12-10-17)16-39-29-34-33-28(40-29)35-21-13-30(2,3)14-22(36)25(21)24(20(15-31)27(35)32)19-7-6-8-23(37-4)26(19)38-5/h6-12,24H,13-14,16,32H2,1-5H3/t24-/m1/s1. The second-order valence-electron chi connectivity index (χ2n) is 10.7. The molecule has 0 radical (unpaired) electrons. The van der Waals surface area contributed by atoms with Crippen molar-refractivity contribution in [2.45, 2.75) is 49.6 Å². The third-order valence-corrected chi connectivity index (χ3v) is 9.31. The van der Waals surface area contributed by atoms with E-state index in [1.54, 1.807) is 36.9 Å². The number of aromatic nitrogens is 2. The lowest BCUT2D eigenvalue weighted by molar-refractivity contribution is -0.118. The molecular formula is C30H31N5O3S2. The van der Waals surface area contributed by atoms with Crippen molar-refractivity contribution in [2.75, 3.05) is 19.1 Å². The predicted molar refractivity (Wildman–Crippen MR) is 157 cm³/mol. The van der Waals surface area contributed by atoms with Crippen LogP contribution in [-0.2, 0) is 10.5 Å². The molecule has 0 unspecified atom stereocenters. The van der Waals surface area contributed by atoms with Gasteiger partial charge < -0.3 is 15.2 Å². The van der Waals surface area contributed by atoms with Crippen molar-refractivity contribution < 1.29 is 14.3 Å². The summed E-state index contributed by atoms with van der Waals surface area (Å²) in [6.07, 6.45) is 0.941. The highest BCUT2D eigenvalue weighted by Gasteiger charge is 2.46. The average Bonchev–Trinajstić information content (AvgIpc) is 3.39. The van der Waals surface area contributed by atoms with E-state index in [1.807, 2.05) is 12.1 Å². The van der Waals surface area contributed by atoms with Crippen LogP contribution < -0.4 is 20.1 Å². The lowest BCUT2D eigenvalue weighted by Gasteiger charge is -2.42. The van der Waals surface area contributed by atoms with Crippen molar-refractivity contribution in [3.8, 4) is 17.6 Å². The fourth-order valence-corrected chi connectivity index (χ4v) is 7.19. The van der Waals surface area contributed by atoms with Gasteiger partial charge in [-0.15, -0.1) is 10.2 Å². The van der Waals surface area contributed by atoms with Crippen LogP contribution in [-0.4, -0.2) is 30.2 Å². The highest BCUT2D eigenvalue weighted by atomic mass is 32.2. The van der Waals surface area contributed by atoms with E-state index in [4.69, 9.17) is 15.2 Å². The first kappa shape index (κ1) is 27.7. The van der Waals surface area contributed by atoms with Crippen LogP contribution in [0.5, 0.6) is 11.5 Å². The quantitative estimate of drug-likeness (QED) is 0.335. The van der Waals surface area contributed by atoms with Crippen LogP contribution in [0.15, 0.2) is 69.5 Å².